The highest BCUT2D eigenvalue weighted by Gasteiger charge is 2.34. The van der Waals surface area contributed by atoms with Crippen molar-refractivity contribution in [1.82, 2.24) is 0 Å². The highest BCUT2D eigenvalue weighted by molar-refractivity contribution is 9.10. The van der Waals surface area contributed by atoms with Crippen molar-refractivity contribution in [2.45, 2.75) is 31.2 Å². The van der Waals surface area contributed by atoms with Gasteiger partial charge in [0.15, 0.2) is 0 Å². The molecule has 1 aromatic carbocycles. The predicted octanol–water partition coefficient (Wildman–Crippen LogP) is 3.02. The second kappa shape index (κ2) is 3.76. The minimum absolute atomic E-state index is 0.0853. The van der Waals surface area contributed by atoms with E-state index in [0.29, 0.717) is 10.0 Å². The number of phenols is 1. The first-order chi connectivity index (χ1) is 7.03. The van der Waals surface area contributed by atoms with E-state index < -0.39 is 11.4 Å². The van der Waals surface area contributed by atoms with Crippen LogP contribution in [-0.4, -0.2) is 5.11 Å². The highest BCUT2D eigenvalue weighted by atomic mass is 79.9. The predicted molar refractivity (Wildman–Crippen MR) is 60.1 cm³/mol. The molecule has 0 amide bonds. The Morgan fingerprint density at radius 1 is 1.33 bits per heavy atom. The van der Waals surface area contributed by atoms with Crippen LogP contribution in [-0.2, 0) is 5.54 Å². The lowest BCUT2D eigenvalue weighted by atomic mass is 9.89. The fraction of sp³-hybridized carbons (Fsp3) is 0.455. The summed E-state index contributed by atoms with van der Waals surface area (Å²) in [5.41, 5.74) is 6.11. The molecule has 3 N–H and O–H groups in total. The number of hydrogen-bond donors (Lipinski definition) is 2. The van der Waals surface area contributed by atoms with E-state index in [1.165, 1.54) is 0 Å². The Balaban J connectivity index is 2.48. The van der Waals surface area contributed by atoms with Crippen LogP contribution in [0.15, 0.2) is 16.6 Å². The zero-order chi connectivity index (χ0) is 11.1. The lowest BCUT2D eigenvalue weighted by Gasteiger charge is -2.25. The summed E-state index contributed by atoms with van der Waals surface area (Å²) < 4.78 is 14.2. The largest absolute Gasteiger partial charge is 0.507 e. The summed E-state index contributed by atoms with van der Waals surface area (Å²) in [5.74, 6) is -0.502. The van der Waals surface area contributed by atoms with Gasteiger partial charge < -0.3 is 10.8 Å². The molecule has 0 aromatic heterocycles. The van der Waals surface area contributed by atoms with Gasteiger partial charge in [-0.3, -0.25) is 0 Å². The molecule has 0 saturated heterocycles. The monoisotopic (exact) mass is 273 g/mol. The first kappa shape index (κ1) is 10.9. The Kier molecular flexibility index (Phi) is 2.73. The van der Waals surface area contributed by atoms with E-state index in [0.717, 1.165) is 31.7 Å². The number of benzene rings is 1. The molecule has 0 unspecified atom stereocenters. The van der Waals surface area contributed by atoms with Gasteiger partial charge in [-0.25, -0.2) is 4.39 Å². The summed E-state index contributed by atoms with van der Waals surface area (Å²) in [6.45, 7) is 0. The van der Waals surface area contributed by atoms with E-state index in [4.69, 9.17) is 5.73 Å². The topological polar surface area (TPSA) is 46.2 Å². The highest BCUT2D eigenvalue weighted by Crippen LogP contribution is 2.40. The summed E-state index contributed by atoms with van der Waals surface area (Å²) in [6.07, 6.45) is 3.69. The third-order valence-electron chi connectivity index (χ3n) is 3.07. The smallest absolute Gasteiger partial charge is 0.132 e. The van der Waals surface area contributed by atoms with Crippen molar-refractivity contribution in [2.75, 3.05) is 0 Å². The van der Waals surface area contributed by atoms with Gasteiger partial charge in [0.2, 0.25) is 0 Å². The Morgan fingerprint density at radius 2 is 1.93 bits per heavy atom. The van der Waals surface area contributed by atoms with Gasteiger partial charge in [0.05, 0.1) is 4.47 Å². The van der Waals surface area contributed by atoms with Crippen LogP contribution in [0.4, 0.5) is 4.39 Å². The minimum Gasteiger partial charge on any atom is -0.507 e. The minimum atomic E-state index is -0.555. The van der Waals surface area contributed by atoms with Gasteiger partial charge in [-0.1, -0.05) is 12.8 Å². The van der Waals surface area contributed by atoms with Gasteiger partial charge in [0.25, 0.3) is 0 Å². The van der Waals surface area contributed by atoms with Gasteiger partial charge in [-0.05, 0) is 34.8 Å². The molecule has 4 heteroatoms. The molecule has 15 heavy (non-hydrogen) atoms. The quantitative estimate of drug-likeness (QED) is 0.826. The zero-order valence-electron chi connectivity index (χ0n) is 8.26. The molecular formula is C11H13BrFNO. The molecule has 1 fully saturated rings. The number of phenolic OH excluding ortho intramolecular Hbond substituents is 1. The van der Waals surface area contributed by atoms with Gasteiger partial charge in [0, 0.05) is 17.2 Å². The first-order valence-corrected chi connectivity index (χ1v) is 5.80. The molecule has 0 heterocycles. The van der Waals surface area contributed by atoms with Crippen molar-refractivity contribution in [1.29, 1.82) is 0 Å². The molecule has 2 rings (SSSR count). The molecule has 1 aliphatic carbocycles. The summed E-state index contributed by atoms with van der Waals surface area (Å²) >= 11 is 3.18. The third kappa shape index (κ3) is 1.88. The van der Waals surface area contributed by atoms with E-state index in [1.807, 2.05) is 0 Å². The summed E-state index contributed by atoms with van der Waals surface area (Å²) in [6, 6.07) is 2.71. The lowest BCUT2D eigenvalue weighted by Crippen LogP contribution is -2.34. The summed E-state index contributed by atoms with van der Waals surface area (Å²) in [5, 5.41) is 9.32. The Hall–Kier alpha value is -0.610. The van der Waals surface area contributed by atoms with Crippen LogP contribution >= 0.6 is 15.9 Å². The van der Waals surface area contributed by atoms with Gasteiger partial charge >= 0.3 is 0 Å². The van der Waals surface area contributed by atoms with Crippen molar-refractivity contribution in [3.8, 4) is 5.75 Å². The molecule has 1 aliphatic rings. The van der Waals surface area contributed by atoms with Crippen LogP contribution in [0.3, 0.4) is 0 Å². The van der Waals surface area contributed by atoms with Crippen LogP contribution in [0.2, 0.25) is 0 Å². The van der Waals surface area contributed by atoms with Crippen molar-refractivity contribution < 1.29 is 9.50 Å². The maximum Gasteiger partial charge on any atom is 0.132 e. The van der Waals surface area contributed by atoms with Crippen molar-refractivity contribution >= 4 is 15.9 Å². The SMILES string of the molecule is NC1(c2cc(Br)c(O)cc2F)CCCC1. The zero-order valence-corrected chi connectivity index (χ0v) is 9.85. The van der Waals surface area contributed by atoms with E-state index in [-0.39, 0.29) is 5.75 Å². The van der Waals surface area contributed by atoms with Crippen LogP contribution in [0.5, 0.6) is 5.75 Å². The molecule has 0 atom stereocenters. The fourth-order valence-electron chi connectivity index (χ4n) is 2.19. The van der Waals surface area contributed by atoms with Crippen molar-refractivity contribution in [3.05, 3.63) is 28.0 Å². The maximum atomic E-state index is 13.7. The fourth-order valence-corrected chi connectivity index (χ4v) is 2.54. The number of aromatic hydroxyl groups is 1. The number of hydrogen-bond acceptors (Lipinski definition) is 2. The third-order valence-corrected chi connectivity index (χ3v) is 3.70. The molecule has 0 radical (unpaired) electrons. The van der Waals surface area contributed by atoms with Crippen LogP contribution in [0.25, 0.3) is 0 Å². The van der Waals surface area contributed by atoms with Gasteiger partial charge in [-0.15, -0.1) is 0 Å². The molecule has 0 bridgehead atoms. The number of nitrogens with two attached hydrogens (primary N) is 1. The Morgan fingerprint density at radius 3 is 2.53 bits per heavy atom. The van der Waals surface area contributed by atoms with E-state index >= 15 is 0 Å². The second-order valence-corrected chi connectivity index (χ2v) is 5.00. The Bertz CT molecular complexity index is 388. The van der Waals surface area contributed by atoms with Crippen molar-refractivity contribution in [3.63, 3.8) is 0 Å². The Labute approximate surface area is 96.4 Å². The van der Waals surface area contributed by atoms with Crippen LogP contribution in [0.1, 0.15) is 31.2 Å². The normalized spacial score (nSPS) is 19.4. The lowest BCUT2D eigenvalue weighted by molar-refractivity contribution is 0.423. The van der Waals surface area contributed by atoms with Crippen LogP contribution < -0.4 is 5.73 Å². The average molecular weight is 274 g/mol. The molecule has 0 aliphatic heterocycles. The average Bonchev–Trinajstić information content (AvgIpc) is 2.60. The number of halogens is 2. The van der Waals surface area contributed by atoms with E-state index in [2.05, 4.69) is 15.9 Å². The van der Waals surface area contributed by atoms with Gasteiger partial charge in [0.1, 0.15) is 11.6 Å². The van der Waals surface area contributed by atoms with Gasteiger partial charge in [-0.2, -0.15) is 0 Å². The summed E-state index contributed by atoms with van der Waals surface area (Å²) in [4.78, 5) is 0. The summed E-state index contributed by atoms with van der Waals surface area (Å²) in [7, 11) is 0. The van der Waals surface area contributed by atoms with Crippen LogP contribution in [0, 0.1) is 5.82 Å². The second-order valence-electron chi connectivity index (χ2n) is 4.15. The molecule has 1 aromatic rings. The standard InChI is InChI=1S/C11H13BrFNO/c12-8-5-7(9(13)6-10(8)15)11(14)3-1-2-4-11/h5-6,15H,1-4,14H2. The molecular weight excluding hydrogens is 261 g/mol. The maximum absolute atomic E-state index is 13.7. The van der Waals surface area contributed by atoms with E-state index in [9.17, 15) is 9.50 Å². The molecule has 82 valence electrons. The number of rotatable bonds is 1. The molecule has 0 spiro atoms. The first-order valence-electron chi connectivity index (χ1n) is 5.00. The molecule has 1 saturated carbocycles. The molecule has 2 nitrogen and oxygen atoms in total. The van der Waals surface area contributed by atoms with Crippen molar-refractivity contribution in [2.24, 2.45) is 5.73 Å². The van der Waals surface area contributed by atoms with E-state index in [1.54, 1.807) is 6.07 Å².